The predicted octanol–water partition coefficient (Wildman–Crippen LogP) is 1.97. The third kappa shape index (κ3) is 1.76. The van der Waals surface area contributed by atoms with E-state index in [4.69, 9.17) is 14.7 Å². The highest BCUT2D eigenvalue weighted by Gasteiger charge is 2.13. The van der Waals surface area contributed by atoms with Gasteiger partial charge in [0, 0.05) is 0 Å². The number of pyridine rings is 1. The van der Waals surface area contributed by atoms with Gasteiger partial charge in [0.25, 0.3) is 5.89 Å². The van der Waals surface area contributed by atoms with Crippen molar-refractivity contribution >= 4 is 5.82 Å². The average molecular weight is 228 g/mol. The van der Waals surface area contributed by atoms with Crippen molar-refractivity contribution in [3.63, 3.8) is 0 Å². The van der Waals surface area contributed by atoms with E-state index in [0.717, 1.165) is 0 Å². The van der Waals surface area contributed by atoms with Crippen molar-refractivity contribution in [2.45, 2.75) is 0 Å². The van der Waals surface area contributed by atoms with E-state index < -0.39 is 0 Å². The molecule has 6 nitrogen and oxygen atoms in total. The summed E-state index contributed by atoms with van der Waals surface area (Å²) < 4.78 is 10.3. The smallest absolute Gasteiger partial charge is 0.277 e. The highest BCUT2D eigenvalue weighted by atomic mass is 16.5. The molecule has 17 heavy (non-hydrogen) atoms. The summed E-state index contributed by atoms with van der Waals surface area (Å²) >= 11 is 0. The van der Waals surface area contributed by atoms with Crippen LogP contribution in [-0.4, -0.2) is 15.1 Å². The van der Waals surface area contributed by atoms with E-state index >= 15 is 0 Å². The lowest BCUT2D eigenvalue weighted by Crippen LogP contribution is -1.91. The maximum absolute atomic E-state index is 5.58. The van der Waals surface area contributed by atoms with Crippen LogP contribution < -0.4 is 5.73 Å². The summed E-state index contributed by atoms with van der Waals surface area (Å²) in [7, 11) is 0. The number of rotatable bonds is 2. The van der Waals surface area contributed by atoms with Crippen molar-refractivity contribution in [2.24, 2.45) is 0 Å². The average Bonchev–Trinajstić information content (AvgIpc) is 3.00. The monoisotopic (exact) mass is 228 g/mol. The van der Waals surface area contributed by atoms with Crippen molar-refractivity contribution in [3.8, 4) is 23.2 Å². The van der Waals surface area contributed by atoms with Gasteiger partial charge in [-0.05, 0) is 24.3 Å². The zero-order chi connectivity index (χ0) is 11.7. The lowest BCUT2D eigenvalue weighted by atomic mass is 10.3. The van der Waals surface area contributed by atoms with Crippen LogP contribution in [0.5, 0.6) is 0 Å². The van der Waals surface area contributed by atoms with E-state index in [1.165, 1.54) is 0 Å². The number of aromatic nitrogens is 3. The van der Waals surface area contributed by atoms with Gasteiger partial charge in [0.1, 0.15) is 11.5 Å². The lowest BCUT2D eigenvalue weighted by Gasteiger charge is -1.93. The van der Waals surface area contributed by atoms with Crippen LogP contribution in [-0.2, 0) is 0 Å². The molecule has 3 aromatic rings. The van der Waals surface area contributed by atoms with E-state index in [2.05, 4.69) is 15.1 Å². The van der Waals surface area contributed by atoms with Crippen LogP contribution in [0.1, 0.15) is 0 Å². The highest BCUT2D eigenvalue weighted by molar-refractivity contribution is 5.54. The van der Waals surface area contributed by atoms with Crippen molar-refractivity contribution in [1.82, 2.24) is 15.1 Å². The summed E-state index contributed by atoms with van der Waals surface area (Å²) in [5, 5.41) is 3.80. The molecule has 3 aromatic heterocycles. The summed E-state index contributed by atoms with van der Waals surface area (Å²) in [6.07, 6.45) is 1.55. The van der Waals surface area contributed by atoms with Crippen LogP contribution in [0.2, 0.25) is 0 Å². The molecule has 0 aromatic carbocycles. The Hall–Kier alpha value is -2.63. The van der Waals surface area contributed by atoms with E-state index in [-0.39, 0.29) is 0 Å². The third-order valence-corrected chi connectivity index (χ3v) is 2.16. The Kier molecular flexibility index (Phi) is 2.11. The first kappa shape index (κ1) is 9.59. The Morgan fingerprint density at radius 2 is 2.00 bits per heavy atom. The van der Waals surface area contributed by atoms with E-state index in [1.807, 2.05) is 0 Å². The van der Waals surface area contributed by atoms with Crippen molar-refractivity contribution in [2.75, 3.05) is 5.73 Å². The number of anilines is 1. The normalized spacial score (nSPS) is 10.6. The summed E-state index contributed by atoms with van der Waals surface area (Å²) in [6, 6.07) is 8.71. The van der Waals surface area contributed by atoms with Gasteiger partial charge in [-0.25, -0.2) is 4.98 Å². The molecule has 3 rings (SSSR count). The SMILES string of the molecule is Nc1cccc(-c2nc(-c3ccco3)no2)n1. The molecule has 0 amide bonds. The molecule has 6 heteroatoms. The van der Waals surface area contributed by atoms with Gasteiger partial charge >= 0.3 is 0 Å². The molecule has 0 saturated heterocycles. The number of furan rings is 1. The summed E-state index contributed by atoms with van der Waals surface area (Å²) in [4.78, 5) is 8.26. The minimum absolute atomic E-state index is 0.309. The van der Waals surface area contributed by atoms with Gasteiger partial charge in [-0.15, -0.1) is 0 Å². The van der Waals surface area contributed by atoms with Crippen LogP contribution >= 0.6 is 0 Å². The van der Waals surface area contributed by atoms with E-state index in [9.17, 15) is 0 Å². The van der Waals surface area contributed by atoms with Crippen molar-refractivity contribution in [1.29, 1.82) is 0 Å². The van der Waals surface area contributed by atoms with Crippen molar-refractivity contribution < 1.29 is 8.94 Å². The fourth-order valence-corrected chi connectivity index (χ4v) is 1.40. The number of hydrogen-bond donors (Lipinski definition) is 1. The molecular formula is C11H8N4O2. The summed E-state index contributed by atoms with van der Waals surface area (Å²) in [5.74, 6) is 1.64. The molecule has 0 spiro atoms. The van der Waals surface area contributed by atoms with Gasteiger partial charge in [-0.1, -0.05) is 11.2 Å². The van der Waals surface area contributed by atoms with E-state index in [1.54, 1.807) is 36.6 Å². The number of nitrogen functional groups attached to an aromatic ring is 1. The predicted molar refractivity (Wildman–Crippen MR) is 59.6 cm³/mol. The largest absolute Gasteiger partial charge is 0.461 e. The van der Waals surface area contributed by atoms with Crippen LogP contribution in [0.4, 0.5) is 5.82 Å². The number of nitrogens with zero attached hydrogens (tertiary/aromatic N) is 3. The minimum atomic E-state index is 0.309. The first-order chi connectivity index (χ1) is 8.33. The lowest BCUT2D eigenvalue weighted by molar-refractivity contribution is 0.428. The first-order valence-corrected chi connectivity index (χ1v) is 4.93. The number of hydrogen-bond acceptors (Lipinski definition) is 6. The second-order valence-corrected chi connectivity index (χ2v) is 3.35. The molecule has 0 bridgehead atoms. The molecule has 0 unspecified atom stereocenters. The van der Waals surface area contributed by atoms with Crippen LogP contribution in [0.3, 0.4) is 0 Å². The fraction of sp³-hybridized carbons (Fsp3) is 0. The van der Waals surface area contributed by atoms with Gasteiger partial charge in [0.05, 0.1) is 6.26 Å². The first-order valence-electron chi connectivity index (χ1n) is 4.93. The molecule has 0 fully saturated rings. The van der Waals surface area contributed by atoms with Gasteiger partial charge in [0.15, 0.2) is 5.76 Å². The molecule has 0 aliphatic carbocycles. The molecule has 2 N–H and O–H groups in total. The van der Waals surface area contributed by atoms with Gasteiger partial charge in [0.2, 0.25) is 5.82 Å². The van der Waals surface area contributed by atoms with Crippen molar-refractivity contribution in [3.05, 3.63) is 36.6 Å². The zero-order valence-electron chi connectivity index (χ0n) is 8.70. The zero-order valence-corrected chi connectivity index (χ0v) is 8.70. The molecule has 0 aliphatic rings. The van der Waals surface area contributed by atoms with Gasteiger partial charge in [-0.3, -0.25) is 0 Å². The van der Waals surface area contributed by atoms with Crippen LogP contribution in [0, 0.1) is 0 Å². The molecule has 0 atom stereocenters. The maximum atomic E-state index is 5.58. The van der Waals surface area contributed by atoms with Gasteiger partial charge < -0.3 is 14.7 Å². The maximum Gasteiger partial charge on any atom is 0.277 e. The molecule has 3 heterocycles. The molecule has 0 radical (unpaired) electrons. The topological polar surface area (TPSA) is 91.0 Å². The Morgan fingerprint density at radius 1 is 1.06 bits per heavy atom. The molecular weight excluding hydrogens is 220 g/mol. The number of nitrogens with two attached hydrogens (primary N) is 1. The summed E-state index contributed by atoms with van der Waals surface area (Å²) in [6.45, 7) is 0. The highest BCUT2D eigenvalue weighted by Crippen LogP contribution is 2.21. The molecule has 0 aliphatic heterocycles. The Morgan fingerprint density at radius 3 is 2.76 bits per heavy atom. The van der Waals surface area contributed by atoms with Crippen LogP contribution in [0.25, 0.3) is 23.2 Å². The van der Waals surface area contributed by atoms with Crippen LogP contribution in [0.15, 0.2) is 45.5 Å². The van der Waals surface area contributed by atoms with Gasteiger partial charge in [-0.2, -0.15) is 4.98 Å². The molecule has 84 valence electrons. The fourth-order valence-electron chi connectivity index (χ4n) is 1.40. The third-order valence-electron chi connectivity index (χ3n) is 2.16. The van der Waals surface area contributed by atoms with E-state index in [0.29, 0.717) is 29.0 Å². The second-order valence-electron chi connectivity index (χ2n) is 3.35. The Balaban J connectivity index is 2.01. The second kappa shape index (κ2) is 3.75. The standard InChI is InChI=1S/C11H8N4O2/c12-9-5-1-3-7(13-9)11-14-10(15-17-11)8-4-2-6-16-8/h1-6H,(H2,12,13). The molecule has 0 saturated carbocycles. The Bertz CT molecular complexity index is 630. The Labute approximate surface area is 96.1 Å². The summed E-state index contributed by atoms with van der Waals surface area (Å²) in [5.41, 5.74) is 6.12. The minimum Gasteiger partial charge on any atom is -0.461 e. The quantitative estimate of drug-likeness (QED) is 0.721.